The van der Waals surface area contributed by atoms with E-state index in [0.717, 1.165) is 22.8 Å². The largest absolute Gasteiger partial charge is 0.298 e. The maximum Gasteiger partial charge on any atom is 0.298 e. The predicted molar refractivity (Wildman–Crippen MR) is 50.6 cm³/mol. The summed E-state index contributed by atoms with van der Waals surface area (Å²) in [5, 5.41) is 2.41. The lowest BCUT2D eigenvalue weighted by atomic mass is 10.4. The summed E-state index contributed by atoms with van der Waals surface area (Å²) in [4.78, 5) is 14.8. The number of fused-ring (bicyclic) bond motifs is 1. The van der Waals surface area contributed by atoms with Gasteiger partial charge in [0, 0.05) is 6.92 Å². The van der Waals surface area contributed by atoms with Gasteiger partial charge >= 0.3 is 0 Å². The Morgan fingerprint density at radius 1 is 1.67 bits per heavy atom. The highest BCUT2D eigenvalue weighted by Crippen LogP contribution is 2.30. The molecule has 2 aromatic rings. The van der Waals surface area contributed by atoms with Crippen LogP contribution < -0.4 is 0 Å². The fourth-order valence-corrected chi connectivity index (χ4v) is 1.94. The minimum Gasteiger partial charge on any atom is -0.274 e. The Morgan fingerprint density at radius 2 is 2.33 bits per heavy atom. The lowest BCUT2D eigenvalue weighted by Gasteiger charge is -2.02. The van der Waals surface area contributed by atoms with Gasteiger partial charge in [0.1, 0.15) is 5.69 Å². The molecule has 0 atom stereocenters. The maximum atomic E-state index is 12.9. The zero-order chi connectivity index (χ0) is 11.2. The summed E-state index contributed by atoms with van der Waals surface area (Å²) in [5.41, 5.74) is -0.0154. The van der Waals surface area contributed by atoms with Crippen LogP contribution >= 0.6 is 22.9 Å². The summed E-state index contributed by atoms with van der Waals surface area (Å²) in [6.07, 6.45) is 1.20. The van der Waals surface area contributed by atoms with Crippen molar-refractivity contribution >= 4 is 33.1 Å². The third-order valence-electron chi connectivity index (χ3n) is 1.66. The Balaban J connectivity index is 2.62. The molecule has 2 aromatic heterocycles. The number of carbonyl (C=O) groups excluding carboxylic acids is 1. The molecule has 15 heavy (non-hydrogen) atoms. The van der Waals surface area contributed by atoms with Gasteiger partial charge < -0.3 is 0 Å². The Hall–Kier alpha value is -1.08. The van der Waals surface area contributed by atoms with Crippen molar-refractivity contribution in [1.29, 1.82) is 0 Å². The summed E-state index contributed by atoms with van der Waals surface area (Å²) in [7, 11) is 0. The van der Waals surface area contributed by atoms with Crippen molar-refractivity contribution in [3.8, 4) is 0 Å². The number of carbonyl (C=O) groups is 1. The highest BCUT2D eigenvalue weighted by atomic mass is 35.5. The Labute approximate surface area is 91.5 Å². The predicted octanol–water partition coefficient (Wildman–Crippen LogP) is 2.28. The lowest BCUT2D eigenvalue weighted by Crippen LogP contribution is -2.08. The molecule has 0 aliphatic heterocycles. The van der Waals surface area contributed by atoms with Gasteiger partial charge in [-0.15, -0.1) is 0 Å². The first kappa shape index (κ1) is 10.4. The number of halogens is 3. The molecule has 0 saturated heterocycles. The van der Waals surface area contributed by atoms with Crippen LogP contribution in [0.5, 0.6) is 0 Å². The molecule has 0 bridgehead atoms. The first-order valence-corrected chi connectivity index (χ1v) is 5.02. The highest BCUT2D eigenvalue weighted by Gasteiger charge is 2.30. The molecule has 0 amide bonds. The van der Waals surface area contributed by atoms with Gasteiger partial charge in [-0.25, -0.2) is 4.98 Å². The number of hydrogen-bond acceptors (Lipinski definition) is 4. The summed E-state index contributed by atoms with van der Waals surface area (Å²) in [5.74, 6) is -3.04. The minimum absolute atomic E-state index is 0.0154. The second kappa shape index (κ2) is 3.21. The van der Waals surface area contributed by atoms with Crippen LogP contribution in [0.1, 0.15) is 22.4 Å². The van der Waals surface area contributed by atoms with Crippen LogP contribution in [0.25, 0.3) is 4.96 Å². The normalized spacial score (nSPS) is 12.3. The van der Waals surface area contributed by atoms with Crippen molar-refractivity contribution in [3.05, 3.63) is 16.9 Å². The number of hydrogen-bond donors (Lipinski definition) is 0. The number of imidazole rings is 1. The van der Waals surface area contributed by atoms with Crippen LogP contribution in [0.3, 0.4) is 0 Å². The number of alkyl halides is 2. The molecule has 8 heteroatoms. The van der Waals surface area contributed by atoms with Crippen LogP contribution in [0, 0.1) is 0 Å². The molecule has 0 radical (unpaired) electrons. The molecule has 2 rings (SSSR count). The average Bonchev–Trinajstić information content (AvgIpc) is 2.56. The summed E-state index contributed by atoms with van der Waals surface area (Å²) >= 11 is 5.95. The first-order chi connectivity index (χ1) is 6.89. The van der Waals surface area contributed by atoms with E-state index in [1.165, 1.54) is 6.20 Å². The quantitative estimate of drug-likeness (QED) is 0.770. The van der Waals surface area contributed by atoms with E-state index in [9.17, 15) is 13.6 Å². The van der Waals surface area contributed by atoms with E-state index in [4.69, 9.17) is 11.6 Å². The van der Waals surface area contributed by atoms with E-state index in [1.54, 1.807) is 0 Å². The van der Waals surface area contributed by atoms with Crippen LogP contribution in [-0.4, -0.2) is 19.8 Å². The minimum atomic E-state index is -3.04. The molecule has 0 spiro atoms. The average molecular weight is 252 g/mol. The van der Waals surface area contributed by atoms with Crippen molar-refractivity contribution < 1.29 is 13.6 Å². The standard InChI is InChI=1S/C7H4ClF2N3OS/c1-7(9,10)5-12-13-3(4(8)14)2-11-6(13)15-5/h2H,1H3. The third kappa shape index (κ3) is 1.72. The van der Waals surface area contributed by atoms with Crippen molar-refractivity contribution in [2.45, 2.75) is 12.8 Å². The molecule has 4 nitrogen and oxygen atoms in total. The smallest absolute Gasteiger partial charge is 0.274 e. The molecule has 2 heterocycles. The van der Waals surface area contributed by atoms with Gasteiger partial charge in [0.2, 0.25) is 4.96 Å². The molecule has 0 unspecified atom stereocenters. The molecule has 0 aliphatic rings. The molecule has 0 saturated carbocycles. The Kier molecular flexibility index (Phi) is 2.23. The molecule has 0 aliphatic carbocycles. The molecular weight excluding hydrogens is 248 g/mol. The van der Waals surface area contributed by atoms with Gasteiger partial charge in [0.05, 0.1) is 6.20 Å². The van der Waals surface area contributed by atoms with Gasteiger partial charge in [-0.3, -0.25) is 4.79 Å². The van der Waals surface area contributed by atoms with E-state index < -0.39 is 16.2 Å². The van der Waals surface area contributed by atoms with Crippen LogP contribution in [0.2, 0.25) is 0 Å². The second-order valence-electron chi connectivity index (χ2n) is 2.91. The summed E-state index contributed by atoms with van der Waals surface area (Å²) < 4.78 is 26.8. The second-order valence-corrected chi connectivity index (χ2v) is 4.21. The molecule has 80 valence electrons. The first-order valence-electron chi connectivity index (χ1n) is 3.82. The maximum absolute atomic E-state index is 12.9. The van der Waals surface area contributed by atoms with E-state index in [0.29, 0.717) is 0 Å². The van der Waals surface area contributed by atoms with Crippen molar-refractivity contribution in [3.63, 3.8) is 0 Å². The van der Waals surface area contributed by atoms with Gasteiger partial charge in [-0.1, -0.05) is 11.3 Å². The Morgan fingerprint density at radius 3 is 2.87 bits per heavy atom. The number of rotatable bonds is 2. The highest BCUT2D eigenvalue weighted by molar-refractivity contribution is 7.16. The topological polar surface area (TPSA) is 47.3 Å². The van der Waals surface area contributed by atoms with Crippen molar-refractivity contribution in [2.24, 2.45) is 0 Å². The number of nitrogens with zero attached hydrogens (tertiary/aromatic N) is 3. The number of aromatic nitrogens is 3. The van der Waals surface area contributed by atoms with E-state index in [-0.39, 0.29) is 10.7 Å². The van der Waals surface area contributed by atoms with E-state index in [2.05, 4.69) is 10.1 Å². The van der Waals surface area contributed by atoms with Crippen molar-refractivity contribution in [2.75, 3.05) is 0 Å². The van der Waals surface area contributed by atoms with Gasteiger partial charge in [0.25, 0.3) is 11.2 Å². The monoisotopic (exact) mass is 251 g/mol. The third-order valence-corrected chi connectivity index (χ3v) is 2.95. The fraction of sp³-hybridized carbons (Fsp3) is 0.286. The van der Waals surface area contributed by atoms with Crippen LogP contribution in [0.15, 0.2) is 6.20 Å². The molecule has 0 fully saturated rings. The van der Waals surface area contributed by atoms with E-state index in [1.807, 2.05) is 0 Å². The SMILES string of the molecule is CC(F)(F)c1nn2c(C(=O)Cl)cnc2s1. The zero-order valence-corrected chi connectivity index (χ0v) is 8.94. The van der Waals surface area contributed by atoms with Crippen LogP contribution in [0.4, 0.5) is 8.78 Å². The molecule has 0 N–H and O–H groups in total. The van der Waals surface area contributed by atoms with Crippen molar-refractivity contribution in [1.82, 2.24) is 14.6 Å². The van der Waals surface area contributed by atoms with Crippen LogP contribution in [-0.2, 0) is 5.92 Å². The fourth-order valence-electron chi connectivity index (χ4n) is 1.00. The molecule has 0 aromatic carbocycles. The summed E-state index contributed by atoms with van der Waals surface area (Å²) in [6.45, 7) is 0.730. The van der Waals surface area contributed by atoms with Gasteiger partial charge in [0.15, 0.2) is 5.01 Å². The van der Waals surface area contributed by atoms with E-state index >= 15 is 0 Å². The van der Waals surface area contributed by atoms with Gasteiger partial charge in [-0.05, 0) is 11.6 Å². The zero-order valence-electron chi connectivity index (χ0n) is 7.37. The summed E-state index contributed by atoms with van der Waals surface area (Å²) in [6, 6.07) is 0. The molecular formula is C7H4ClF2N3OS. The van der Waals surface area contributed by atoms with Gasteiger partial charge in [-0.2, -0.15) is 18.4 Å². The Bertz CT molecular complexity index is 530. The lowest BCUT2D eigenvalue weighted by molar-refractivity contribution is 0.0162.